The van der Waals surface area contributed by atoms with Crippen molar-refractivity contribution in [2.45, 2.75) is 50.3 Å². The monoisotopic (exact) mass is 236 g/mol. The molecule has 0 bridgehead atoms. The second kappa shape index (κ2) is 8.40. The van der Waals surface area contributed by atoms with Crippen molar-refractivity contribution in [3.05, 3.63) is 24.3 Å². The highest BCUT2D eigenvalue weighted by Crippen LogP contribution is 2.18. The first kappa shape index (κ1) is 13.3. The predicted octanol–water partition coefficient (Wildman–Crippen LogP) is 5.02. The Morgan fingerprint density at radius 1 is 1.00 bits per heavy atom. The van der Waals surface area contributed by atoms with Crippen molar-refractivity contribution >= 4 is 18.3 Å². The Labute approximate surface area is 105 Å². The van der Waals surface area contributed by atoms with Gasteiger partial charge in [0, 0.05) is 6.54 Å². The number of hydrogen-bond acceptors (Lipinski definition) is 1. The highest BCUT2D eigenvalue weighted by atomic mass is 32.1. The van der Waals surface area contributed by atoms with Crippen molar-refractivity contribution in [2.24, 2.45) is 0 Å². The van der Waals surface area contributed by atoms with E-state index >= 15 is 0 Å². The van der Waals surface area contributed by atoms with Crippen LogP contribution in [0, 0.1) is 0 Å². The van der Waals surface area contributed by atoms with Crippen LogP contribution in [0.4, 0.5) is 5.69 Å². The van der Waals surface area contributed by atoms with Gasteiger partial charge in [-0.1, -0.05) is 63.8 Å². The van der Waals surface area contributed by atoms with Crippen molar-refractivity contribution in [1.82, 2.24) is 0 Å². The number of para-hydroxylation sites is 1. The van der Waals surface area contributed by atoms with E-state index < -0.39 is 0 Å². The van der Waals surface area contributed by atoms with Crippen LogP contribution in [0.3, 0.4) is 0 Å². The third-order valence-electron chi connectivity index (χ3n) is 2.73. The molecule has 0 heterocycles. The van der Waals surface area contributed by atoms with Gasteiger partial charge in [0.25, 0.3) is 0 Å². The Balaban J connectivity index is 2.05. The van der Waals surface area contributed by atoms with E-state index in [2.05, 4.69) is 18.3 Å². The van der Waals surface area contributed by atoms with Gasteiger partial charge in [-0.3, -0.25) is 0 Å². The summed E-state index contributed by atoms with van der Waals surface area (Å²) in [7, 11) is 0. The van der Waals surface area contributed by atoms with E-state index in [0.717, 1.165) is 17.1 Å². The van der Waals surface area contributed by atoms with Gasteiger partial charge in [0.1, 0.15) is 0 Å². The van der Waals surface area contributed by atoms with Gasteiger partial charge in [-0.2, -0.15) is 0 Å². The molecule has 0 fully saturated rings. The number of unbranched alkanes of at least 4 members (excludes halogenated alkanes) is 5. The molecule has 0 spiro atoms. The smallest absolute Gasteiger partial charge is 0.0608 e. The van der Waals surface area contributed by atoms with E-state index in [1.54, 1.807) is 0 Å². The summed E-state index contributed by atoms with van der Waals surface area (Å²) in [5.74, 6) is 0. The van der Waals surface area contributed by atoms with E-state index in [1.165, 1.54) is 38.5 Å². The molecule has 1 aromatic rings. The lowest BCUT2D eigenvalue weighted by Crippen LogP contribution is -2.01. The molecule has 2 heteroatoms. The molecule has 1 rings (SSSR count). The summed E-state index contributed by atoms with van der Waals surface area (Å²) in [6.07, 6.45) is 8.02. The molecule has 0 saturated carbocycles. The molecule has 0 amide bonds. The number of hydrogen-bond donors (Lipinski definition) is 1. The van der Waals surface area contributed by atoms with Crippen LogP contribution >= 0.6 is 12.6 Å². The standard InChI is InChI=1S/C14H22NS/c1-2-3-4-5-6-9-12-15-13-10-7-8-11-14(13)16/h7-8,10-11,15H,2-6,9,12H2,1H3. The summed E-state index contributed by atoms with van der Waals surface area (Å²) in [6.45, 7) is 3.29. The second-order valence-electron chi connectivity index (χ2n) is 4.19. The molecule has 0 unspecified atom stereocenters. The Morgan fingerprint density at radius 2 is 1.69 bits per heavy atom. The summed E-state index contributed by atoms with van der Waals surface area (Å²) >= 11 is 5.22. The van der Waals surface area contributed by atoms with E-state index in [0.29, 0.717) is 0 Å². The maximum absolute atomic E-state index is 5.22. The summed E-state index contributed by atoms with van der Waals surface area (Å²) in [6, 6.07) is 8.04. The molecular formula is C14H22NS. The Kier molecular flexibility index (Phi) is 6.98. The normalized spacial score (nSPS) is 10.3. The van der Waals surface area contributed by atoms with Crippen LogP contribution in [0.25, 0.3) is 0 Å². The highest BCUT2D eigenvalue weighted by molar-refractivity contribution is 7.80. The number of nitrogens with one attached hydrogen (secondary N) is 1. The molecule has 16 heavy (non-hydrogen) atoms. The minimum absolute atomic E-state index is 0.925. The molecule has 1 N–H and O–H groups in total. The summed E-state index contributed by atoms with van der Waals surface area (Å²) in [5, 5.41) is 3.40. The summed E-state index contributed by atoms with van der Waals surface area (Å²) < 4.78 is 0. The van der Waals surface area contributed by atoms with Crippen LogP contribution in [0.1, 0.15) is 45.4 Å². The predicted molar refractivity (Wildman–Crippen MR) is 74.2 cm³/mol. The van der Waals surface area contributed by atoms with Crippen LogP contribution in [0.5, 0.6) is 0 Å². The summed E-state index contributed by atoms with van der Waals surface area (Å²) in [4.78, 5) is 0.925. The molecule has 0 aliphatic rings. The van der Waals surface area contributed by atoms with Crippen LogP contribution in [-0.2, 0) is 0 Å². The SMILES string of the molecule is CCCCCCCCNc1ccccc1[S]. The van der Waals surface area contributed by atoms with Crippen molar-refractivity contribution in [3.8, 4) is 0 Å². The average molecular weight is 236 g/mol. The van der Waals surface area contributed by atoms with Gasteiger partial charge in [-0.15, -0.1) is 0 Å². The maximum Gasteiger partial charge on any atom is 0.0608 e. The topological polar surface area (TPSA) is 12.0 Å². The third kappa shape index (κ3) is 5.36. The lowest BCUT2D eigenvalue weighted by atomic mass is 10.1. The molecule has 0 aliphatic carbocycles. The fourth-order valence-corrected chi connectivity index (χ4v) is 1.96. The van der Waals surface area contributed by atoms with Crippen molar-refractivity contribution in [2.75, 3.05) is 11.9 Å². The van der Waals surface area contributed by atoms with Crippen molar-refractivity contribution in [3.63, 3.8) is 0 Å². The van der Waals surface area contributed by atoms with Crippen LogP contribution < -0.4 is 5.32 Å². The molecule has 1 aromatic carbocycles. The average Bonchev–Trinajstić information content (AvgIpc) is 2.30. The lowest BCUT2D eigenvalue weighted by Gasteiger charge is -2.07. The zero-order valence-electron chi connectivity index (χ0n) is 10.2. The molecule has 0 atom stereocenters. The second-order valence-corrected chi connectivity index (χ2v) is 4.63. The number of benzene rings is 1. The molecule has 0 aliphatic heterocycles. The van der Waals surface area contributed by atoms with Gasteiger partial charge in [-0.05, 0) is 18.6 Å². The fourth-order valence-electron chi connectivity index (χ4n) is 1.74. The molecular weight excluding hydrogens is 214 g/mol. The minimum Gasteiger partial charge on any atom is -0.384 e. The van der Waals surface area contributed by atoms with Gasteiger partial charge in [0.2, 0.25) is 0 Å². The van der Waals surface area contributed by atoms with E-state index in [-0.39, 0.29) is 0 Å². The molecule has 1 radical (unpaired) electrons. The van der Waals surface area contributed by atoms with Gasteiger partial charge in [-0.25, -0.2) is 0 Å². The lowest BCUT2D eigenvalue weighted by molar-refractivity contribution is 0.617. The Hall–Kier alpha value is -0.760. The number of rotatable bonds is 8. The van der Waals surface area contributed by atoms with Gasteiger partial charge in [0.15, 0.2) is 0 Å². The first-order valence-electron chi connectivity index (χ1n) is 6.34. The number of anilines is 1. The molecule has 1 nitrogen and oxygen atoms in total. The van der Waals surface area contributed by atoms with E-state index in [9.17, 15) is 0 Å². The quantitative estimate of drug-likeness (QED) is 0.625. The van der Waals surface area contributed by atoms with Gasteiger partial charge in [0.05, 0.1) is 10.6 Å². The molecule has 89 valence electrons. The van der Waals surface area contributed by atoms with Gasteiger partial charge >= 0.3 is 0 Å². The van der Waals surface area contributed by atoms with Gasteiger partial charge < -0.3 is 5.32 Å². The zero-order chi connectivity index (χ0) is 11.6. The minimum atomic E-state index is 0.925. The maximum atomic E-state index is 5.22. The van der Waals surface area contributed by atoms with E-state index in [1.807, 2.05) is 18.2 Å². The highest BCUT2D eigenvalue weighted by Gasteiger charge is 1.96. The van der Waals surface area contributed by atoms with Crippen molar-refractivity contribution in [1.29, 1.82) is 0 Å². The van der Waals surface area contributed by atoms with Crippen LogP contribution in [0.15, 0.2) is 29.2 Å². The fraction of sp³-hybridized carbons (Fsp3) is 0.571. The zero-order valence-corrected chi connectivity index (χ0v) is 11.0. The first-order valence-corrected chi connectivity index (χ1v) is 6.75. The van der Waals surface area contributed by atoms with Crippen LogP contribution in [0.2, 0.25) is 0 Å². The first-order chi connectivity index (χ1) is 7.84. The van der Waals surface area contributed by atoms with Crippen molar-refractivity contribution < 1.29 is 0 Å². The summed E-state index contributed by atoms with van der Waals surface area (Å²) in [5.41, 5.74) is 1.10. The molecule has 0 saturated heterocycles. The molecule has 0 aromatic heterocycles. The van der Waals surface area contributed by atoms with E-state index in [4.69, 9.17) is 12.6 Å². The Morgan fingerprint density at radius 3 is 2.44 bits per heavy atom. The third-order valence-corrected chi connectivity index (χ3v) is 3.09. The largest absolute Gasteiger partial charge is 0.384 e. The Bertz CT molecular complexity index is 286. The van der Waals surface area contributed by atoms with Crippen LogP contribution in [-0.4, -0.2) is 6.54 Å².